The smallest absolute Gasteiger partial charge is 0.151 e. The molecule has 0 spiro atoms. The largest absolute Gasteiger partial charge is 0.394 e. The van der Waals surface area contributed by atoms with Gasteiger partial charge in [-0.25, -0.2) is 4.98 Å². The Morgan fingerprint density at radius 1 is 1.61 bits per heavy atom. The molecule has 0 radical (unpaired) electrons. The van der Waals surface area contributed by atoms with Gasteiger partial charge in [0.25, 0.3) is 0 Å². The minimum Gasteiger partial charge on any atom is -0.394 e. The Morgan fingerprint density at radius 2 is 2.39 bits per heavy atom. The van der Waals surface area contributed by atoms with E-state index in [4.69, 9.17) is 4.74 Å². The molecule has 1 aliphatic heterocycles. The third-order valence-corrected chi connectivity index (χ3v) is 2.92. The molecule has 98 valence electrons. The van der Waals surface area contributed by atoms with Crippen molar-refractivity contribution in [3.8, 4) is 0 Å². The van der Waals surface area contributed by atoms with Gasteiger partial charge < -0.3 is 14.7 Å². The molecular weight excluding hydrogens is 232 g/mol. The zero-order chi connectivity index (χ0) is 13.2. The van der Waals surface area contributed by atoms with Gasteiger partial charge in [-0.1, -0.05) is 0 Å². The molecule has 1 unspecified atom stereocenters. The standard InChI is InChI=1S/C13H18N2O3/c1-13(2)9-15(6-11(8-17)18-13)12-4-3-10(7-16)5-14-12/h3-5,7,11,17H,6,8-9H2,1-2H3. The summed E-state index contributed by atoms with van der Waals surface area (Å²) in [5.74, 6) is 0.801. The van der Waals surface area contributed by atoms with Crippen molar-refractivity contribution in [2.75, 3.05) is 24.6 Å². The van der Waals surface area contributed by atoms with Gasteiger partial charge in [-0.05, 0) is 26.0 Å². The van der Waals surface area contributed by atoms with Crippen molar-refractivity contribution in [1.29, 1.82) is 0 Å². The van der Waals surface area contributed by atoms with Gasteiger partial charge in [0, 0.05) is 24.8 Å². The summed E-state index contributed by atoms with van der Waals surface area (Å²) < 4.78 is 5.74. The number of anilines is 1. The van der Waals surface area contributed by atoms with Gasteiger partial charge in [-0.3, -0.25) is 4.79 Å². The second-order valence-corrected chi connectivity index (χ2v) is 5.13. The highest BCUT2D eigenvalue weighted by molar-refractivity contribution is 5.74. The van der Waals surface area contributed by atoms with Crippen LogP contribution in [0.25, 0.3) is 0 Å². The van der Waals surface area contributed by atoms with Crippen molar-refractivity contribution in [1.82, 2.24) is 4.98 Å². The van der Waals surface area contributed by atoms with Crippen LogP contribution in [-0.2, 0) is 4.74 Å². The highest BCUT2D eigenvalue weighted by Crippen LogP contribution is 2.24. The van der Waals surface area contributed by atoms with Crippen LogP contribution in [0.2, 0.25) is 0 Å². The van der Waals surface area contributed by atoms with E-state index >= 15 is 0 Å². The van der Waals surface area contributed by atoms with Gasteiger partial charge in [0.05, 0.1) is 18.3 Å². The lowest BCUT2D eigenvalue weighted by atomic mass is 10.1. The molecule has 0 aromatic carbocycles. The number of carbonyl (C=O) groups is 1. The first-order valence-electron chi connectivity index (χ1n) is 5.99. The molecular formula is C13H18N2O3. The van der Waals surface area contributed by atoms with E-state index in [0.717, 1.165) is 12.1 Å². The molecule has 5 nitrogen and oxygen atoms in total. The van der Waals surface area contributed by atoms with Crippen molar-refractivity contribution in [3.05, 3.63) is 23.9 Å². The average molecular weight is 250 g/mol. The third kappa shape index (κ3) is 2.86. The van der Waals surface area contributed by atoms with Crippen LogP contribution in [0.1, 0.15) is 24.2 Å². The van der Waals surface area contributed by atoms with Crippen LogP contribution in [0.15, 0.2) is 18.3 Å². The van der Waals surface area contributed by atoms with Crippen LogP contribution in [0.3, 0.4) is 0 Å². The van der Waals surface area contributed by atoms with Crippen molar-refractivity contribution in [2.24, 2.45) is 0 Å². The fraction of sp³-hybridized carbons (Fsp3) is 0.538. The van der Waals surface area contributed by atoms with Crippen LogP contribution >= 0.6 is 0 Å². The number of pyridine rings is 1. The topological polar surface area (TPSA) is 62.7 Å². The molecule has 1 N–H and O–H groups in total. The first-order valence-corrected chi connectivity index (χ1v) is 5.99. The van der Waals surface area contributed by atoms with Crippen molar-refractivity contribution in [3.63, 3.8) is 0 Å². The van der Waals surface area contributed by atoms with Crippen LogP contribution in [0.4, 0.5) is 5.82 Å². The van der Waals surface area contributed by atoms with E-state index in [1.54, 1.807) is 12.3 Å². The maximum Gasteiger partial charge on any atom is 0.151 e. The Labute approximate surface area is 106 Å². The highest BCUT2D eigenvalue weighted by atomic mass is 16.5. The first-order chi connectivity index (χ1) is 8.54. The van der Waals surface area contributed by atoms with E-state index in [2.05, 4.69) is 9.88 Å². The summed E-state index contributed by atoms with van der Waals surface area (Å²) in [4.78, 5) is 16.9. The molecule has 0 amide bonds. The number of aromatic nitrogens is 1. The minimum atomic E-state index is -0.323. The molecule has 0 aliphatic carbocycles. The lowest BCUT2D eigenvalue weighted by molar-refractivity contribution is -0.101. The van der Waals surface area contributed by atoms with Gasteiger partial charge in [0.15, 0.2) is 6.29 Å². The Morgan fingerprint density at radius 3 is 2.94 bits per heavy atom. The summed E-state index contributed by atoms with van der Waals surface area (Å²) in [6.45, 7) is 5.28. The molecule has 1 aliphatic rings. The van der Waals surface area contributed by atoms with Gasteiger partial charge >= 0.3 is 0 Å². The van der Waals surface area contributed by atoms with E-state index in [0.29, 0.717) is 18.7 Å². The molecule has 1 saturated heterocycles. The molecule has 1 fully saturated rings. The summed E-state index contributed by atoms with van der Waals surface area (Å²) in [6.07, 6.45) is 2.12. The second kappa shape index (κ2) is 5.04. The third-order valence-electron chi connectivity index (χ3n) is 2.92. The number of nitrogens with zero attached hydrogens (tertiary/aromatic N) is 2. The van der Waals surface area contributed by atoms with E-state index < -0.39 is 0 Å². The predicted octanol–water partition coefficient (Wildman–Crippen LogP) is 0.870. The molecule has 2 heterocycles. The van der Waals surface area contributed by atoms with E-state index in [9.17, 15) is 9.90 Å². The number of hydrogen-bond donors (Lipinski definition) is 1. The van der Waals surface area contributed by atoms with Gasteiger partial charge in [0.2, 0.25) is 0 Å². The maximum absolute atomic E-state index is 10.6. The Balaban J connectivity index is 2.17. The number of aliphatic hydroxyl groups is 1. The van der Waals surface area contributed by atoms with E-state index in [1.807, 2.05) is 19.9 Å². The lowest BCUT2D eigenvalue weighted by Crippen LogP contribution is -2.54. The number of morpholine rings is 1. The molecule has 2 rings (SSSR count). The van der Waals surface area contributed by atoms with E-state index in [-0.39, 0.29) is 18.3 Å². The fourth-order valence-electron chi connectivity index (χ4n) is 2.22. The van der Waals surface area contributed by atoms with Crippen molar-refractivity contribution >= 4 is 12.1 Å². The summed E-state index contributed by atoms with van der Waals surface area (Å²) in [5.41, 5.74) is 0.237. The fourth-order valence-corrected chi connectivity index (χ4v) is 2.22. The SMILES string of the molecule is CC1(C)CN(c2ccc(C=O)cn2)CC(CO)O1. The summed E-state index contributed by atoms with van der Waals surface area (Å²) >= 11 is 0. The molecule has 0 saturated carbocycles. The van der Waals surface area contributed by atoms with Crippen molar-refractivity contribution in [2.45, 2.75) is 25.6 Å². The summed E-state index contributed by atoms with van der Waals surface area (Å²) in [6, 6.07) is 3.56. The predicted molar refractivity (Wildman–Crippen MR) is 67.9 cm³/mol. The van der Waals surface area contributed by atoms with Gasteiger partial charge in [-0.2, -0.15) is 0 Å². The Kier molecular flexibility index (Phi) is 3.63. The number of rotatable bonds is 3. The minimum absolute atomic E-state index is 0.00759. The molecule has 1 aromatic heterocycles. The number of aldehydes is 1. The molecule has 18 heavy (non-hydrogen) atoms. The monoisotopic (exact) mass is 250 g/mol. The summed E-state index contributed by atoms with van der Waals surface area (Å²) in [7, 11) is 0. The maximum atomic E-state index is 10.6. The number of ether oxygens (including phenoxy) is 1. The normalized spacial score (nSPS) is 22.8. The molecule has 1 atom stereocenters. The van der Waals surface area contributed by atoms with Crippen LogP contribution < -0.4 is 4.90 Å². The first kappa shape index (κ1) is 13.0. The van der Waals surface area contributed by atoms with Gasteiger partial charge in [-0.15, -0.1) is 0 Å². The number of aliphatic hydroxyl groups excluding tert-OH is 1. The van der Waals surface area contributed by atoms with Crippen LogP contribution in [-0.4, -0.2) is 47.8 Å². The average Bonchev–Trinajstić information content (AvgIpc) is 2.37. The molecule has 1 aromatic rings. The lowest BCUT2D eigenvalue weighted by Gasteiger charge is -2.42. The van der Waals surface area contributed by atoms with Crippen LogP contribution in [0, 0.1) is 0 Å². The zero-order valence-electron chi connectivity index (χ0n) is 10.7. The molecule has 0 bridgehead atoms. The number of hydrogen-bond acceptors (Lipinski definition) is 5. The Hall–Kier alpha value is -1.46. The quantitative estimate of drug-likeness (QED) is 0.806. The second-order valence-electron chi connectivity index (χ2n) is 5.13. The summed E-state index contributed by atoms with van der Waals surface area (Å²) in [5, 5.41) is 9.25. The van der Waals surface area contributed by atoms with Gasteiger partial charge in [0.1, 0.15) is 5.82 Å². The molecule has 5 heteroatoms. The van der Waals surface area contributed by atoms with E-state index in [1.165, 1.54) is 0 Å². The zero-order valence-corrected chi connectivity index (χ0v) is 10.7. The Bertz CT molecular complexity index is 417. The number of carbonyl (C=O) groups excluding carboxylic acids is 1. The van der Waals surface area contributed by atoms with Crippen LogP contribution in [0.5, 0.6) is 0 Å². The highest BCUT2D eigenvalue weighted by Gasteiger charge is 2.33. The van der Waals surface area contributed by atoms with Crippen molar-refractivity contribution < 1.29 is 14.6 Å².